The van der Waals surface area contributed by atoms with Gasteiger partial charge in [0.05, 0.1) is 30.5 Å². The Morgan fingerprint density at radius 2 is 1.73 bits per heavy atom. The number of carbonyl (C=O) groups is 1. The van der Waals surface area contributed by atoms with Crippen LogP contribution in [0.1, 0.15) is 32.9 Å². The second-order valence-electron chi connectivity index (χ2n) is 8.70. The molecule has 1 atom stereocenters. The van der Waals surface area contributed by atoms with Crippen molar-refractivity contribution in [2.75, 3.05) is 26.1 Å². The first-order valence-corrected chi connectivity index (χ1v) is 13.2. The van der Waals surface area contributed by atoms with Gasteiger partial charge in [-0.25, -0.2) is 14.8 Å². The Hall–Kier alpha value is -4.88. The maximum absolute atomic E-state index is 11.7. The molecule has 0 saturated heterocycles. The average molecular weight is 572 g/mol. The normalized spacial score (nSPS) is 11.4. The summed E-state index contributed by atoms with van der Waals surface area (Å²) in [4.78, 5) is 20.6. The molecule has 2 aromatic heterocycles. The van der Waals surface area contributed by atoms with Gasteiger partial charge >= 0.3 is 5.97 Å². The highest BCUT2D eigenvalue weighted by Crippen LogP contribution is 2.37. The van der Waals surface area contributed by atoms with Crippen LogP contribution in [0.25, 0.3) is 22.6 Å². The van der Waals surface area contributed by atoms with Crippen molar-refractivity contribution in [3.05, 3.63) is 76.7 Å². The number of ether oxygens (including phenoxy) is 2. The van der Waals surface area contributed by atoms with Crippen molar-refractivity contribution in [1.82, 2.24) is 9.97 Å². The topological polar surface area (TPSA) is 189 Å². The third-order valence-corrected chi connectivity index (χ3v) is 6.99. The molecular formula is C29H25N5O6S. The Balaban J connectivity index is 1.60. The molecule has 4 aromatic rings. The maximum Gasteiger partial charge on any atom is 0.337 e. The van der Waals surface area contributed by atoms with E-state index in [0.717, 1.165) is 0 Å². The first-order valence-electron chi connectivity index (χ1n) is 12.2. The van der Waals surface area contributed by atoms with Crippen LogP contribution in [0, 0.1) is 29.6 Å². The average Bonchev–Trinajstić information content (AvgIpc) is 3.38. The minimum atomic E-state index is -1.01. The number of methoxy groups -OCH3 is 1. The molecule has 0 aliphatic rings. The molecule has 0 fully saturated rings. The molecule has 4 N–H and O–H groups in total. The molecule has 4 rings (SSSR count). The van der Waals surface area contributed by atoms with Crippen LogP contribution >= 0.6 is 11.8 Å². The van der Waals surface area contributed by atoms with Gasteiger partial charge < -0.3 is 29.8 Å². The third kappa shape index (κ3) is 6.48. The number of carbonyl (C=O) groups excluding carboxylic acids is 1. The zero-order valence-electron chi connectivity index (χ0n) is 22.1. The highest BCUT2D eigenvalue weighted by molar-refractivity contribution is 7.98. The number of nitriles is 2. The van der Waals surface area contributed by atoms with Gasteiger partial charge in [0.2, 0.25) is 5.89 Å². The van der Waals surface area contributed by atoms with Crippen molar-refractivity contribution in [2.45, 2.75) is 23.8 Å². The summed E-state index contributed by atoms with van der Waals surface area (Å²) in [5.74, 6) is 1.23. The molecule has 0 aliphatic carbocycles. The van der Waals surface area contributed by atoms with Crippen LogP contribution < -0.4 is 10.5 Å². The van der Waals surface area contributed by atoms with E-state index in [1.54, 1.807) is 55.5 Å². The number of aryl methyl sites for hydroxylation is 1. The lowest BCUT2D eigenvalue weighted by atomic mass is 9.97. The summed E-state index contributed by atoms with van der Waals surface area (Å²) in [5, 5.41) is 38.7. The lowest BCUT2D eigenvalue weighted by molar-refractivity contribution is 0.0536. The smallest absolute Gasteiger partial charge is 0.337 e. The van der Waals surface area contributed by atoms with Gasteiger partial charge in [-0.2, -0.15) is 10.5 Å². The Labute approximate surface area is 239 Å². The number of hydrogen-bond acceptors (Lipinski definition) is 12. The van der Waals surface area contributed by atoms with E-state index in [4.69, 9.17) is 24.7 Å². The van der Waals surface area contributed by atoms with E-state index in [0.29, 0.717) is 56.1 Å². The second-order valence-corrected chi connectivity index (χ2v) is 9.67. The summed E-state index contributed by atoms with van der Waals surface area (Å²) in [7, 11) is 1.31. The van der Waals surface area contributed by atoms with E-state index >= 15 is 0 Å². The molecule has 0 saturated carbocycles. The molecule has 0 radical (unpaired) electrons. The number of nitrogen functional groups attached to an aromatic ring is 1. The molecule has 0 unspecified atom stereocenters. The molecule has 12 heteroatoms. The van der Waals surface area contributed by atoms with E-state index in [1.165, 1.54) is 18.9 Å². The summed E-state index contributed by atoms with van der Waals surface area (Å²) in [6.07, 6.45) is -1.01. The van der Waals surface area contributed by atoms with Crippen LogP contribution in [0.2, 0.25) is 0 Å². The molecule has 0 aliphatic heterocycles. The Kier molecular flexibility index (Phi) is 9.22. The third-order valence-electron chi connectivity index (χ3n) is 6.00. The zero-order valence-corrected chi connectivity index (χ0v) is 22.9. The summed E-state index contributed by atoms with van der Waals surface area (Å²) >= 11 is 1.23. The van der Waals surface area contributed by atoms with Gasteiger partial charge in [-0.15, -0.1) is 0 Å². The quantitative estimate of drug-likeness (QED) is 0.184. The number of rotatable bonds is 10. The number of nitrogens with two attached hydrogens (primary N) is 1. The van der Waals surface area contributed by atoms with Crippen LogP contribution in [-0.2, 0) is 10.5 Å². The van der Waals surface area contributed by atoms with Crippen LogP contribution in [0.15, 0.2) is 58.0 Å². The molecule has 0 spiro atoms. The van der Waals surface area contributed by atoms with Gasteiger partial charge in [0.1, 0.15) is 52.8 Å². The predicted molar refractivity (Wildman–Crippen MR) is 150 cm³/mol. The number of aromatic nitrogens is 2. The minimum absolute atomic E-state index is 0.0151. The number of oxazole rings is 1. The summed E-state index contributed by atoms with van der Waals surface area (Å²) in [5.41, 5.74) is 9.01. The van der Waals surface area contributed by atoms with Crippen molar-refractivity contribution >= 4 is 23.5 Å². The summed E-state index contributed by atoms with van der Waals surface area (Å²) in [6, 6.07) is 17.5. The minimum Gasteiger partial charge on any atom is -0.491 e. The van der Waals surface area contributed by atoms with Crippen LogP contribution in [0.3, 0.4) is 0 Å². The molecule has 2 heterocycles. The second kappa shape index (κ2) is 13.0. The van der Waals surface area contributed by atoms with Gasteiger partial charge in [0.15, 0.2) is 0 Å². The number of thioether (sulfide) groups is 1. The molecule has 208 valence electrons. The largest absolute Gasteiger partial charge is 0.491 e. The van der Waals surface area contributed by atoms with Gasteiger partial charge in [0.25, 0.3) is 0 Å². The lowest BCUT2D eigenvalue weighted by Gasteiger charge is -2.14. The highest BCUT2D eigenvalue weighted by atomic mass is 32.2. The summed E-state index contributed by atoms with van der Waals surface area (Å²) in [6.45, 7) is 1.26. The van der Waals surface area contributed by atoms with Crippen molar-refractivity contribution in [3.8, 4) is 40.5 Å². The monoisotopic (exact) mass is 571 g/mol. The van der Waals surface area contributed by atoms with Crippen molar-refractivity contribution in [3.63, 3.8) is 0 Å². The maximum atomic E-state index is 11.7. The van der Waals surface area contributed by atoms with E-state index in [-0.39, 0.29) is 23.6 Å². The number of aliphatic hydroxyl groups excluding tert-OH is 2. The van der Waals surface area contributed by atoms with Crippen LogP contribution in [-0.4, -0.2) is 52.6 Å². The fourth-order valence-electron chi connectivity index (χ4n) is 3.84. The van der Waals surface area contributed by atoms with Crippen LogP contribution in [0.5, 0.6) is 5.75 Å². The fourth-order valence-corrected chi connectivity index (χ4v) is 4.84. The number of esters is 1. The van der Waals surface area contributed by atoms with Gasteiger partial charge in [-0.3, -0.25) is 0 Å². The van der Waals surface area contributed by atoms with E-state index in [1.807, 2.05) is 6.07 Å². The Bertz CT molecular complexity index is 1640. The van der Waals surface area contributed by atoms with Gasteiger partial charge in [0, 0.05) is 16.9 Å². The number of benzene rings is 2. The molecule has 11 nitrogen and oxygen atoms in total. The first kappa shape index (κ1) is 29.1. The first-order chi connectivity index (χ1) is 19.8. The molecule has 2 aromatic carbocycles. The number of nitrogens with zero attached hydrogens (tertiary/aromatic N) is 4. The molecule has 0 amide bonds. The van der Waals surface area contributed by atoms with Crippen molar-refractivity contribution in [2.24, 2.45) is 0 Å². The number of pyridine rings is 1. The Morgan fingerprint density at radius 3 is 2.34 bits per heavy atom. The summed E-state index contributed by atoms with van der Waals surface area (Å²) < 4.78 is 16.0. The number of aliphatic hydroxyl groups is 2. The van der Waals surface area contributed by atoms with Gasteiger partial charge in [-0.1, -0.05) is 23.9 Å². The molecular weight excluding hydrogens is 546 g/mol. The van der Waals surface area contributed by atoms with E-state index in [2.05, 4.69) is 16.0 Å². The standard InChI is InChI=1S/C29H25N5O6S/c1-16-24(33-27(40-16)18-3-5-19(6-4-18)29(37)38-2)15-41-28-23(12-31)25(22(11-30)26(32)34-28)17-7-9-21(10-8-17)39-14-20(36)13-35/h3-10,20,35-36H,13-15H2,1-2H3,(H2,32,34)/t20-/m0/s1. The Morgan fingerprint density at radius 1 is 1.07 bits per heavy atom. The molecule has 0 bridgehead atoms. The zero-order chi connectivity index (χ0) is 29.5. The number of hydrogen-bond donors (Lipinski definition) is 3. The van der Waals surface area contributed by atoms with Crippen molar-refractivity contribution in [1.29, 1.82) is 10.5 Å². The van der Waals surface area contributed by atoms with E-state index in [9.17, 15) is 20.4 Å². The SMILES string of the molecule is COC(=O)c1ccc(-c2nc(CSc3nc(N)c(C#N)c(-c4ccc(OC[C@@H](O)CO)cc4)c3C#N)c(C)o2)cc1. The van der Waals surface area contributed by atoms with Crippen LogP contribution in [0.4, 0.5) is 5.82 Å². The number of anilines is 1. The van der Waals surface area contributed by atoms with Gasteiger partial charge in [-0.05, 0) is 48.9 Å². The van der Waals surface area contributed by atoms with Crippen molar-refractivity contribution < 1.29 is 28.9 Å². The highest BCUT2D eigenvalue weighted by Gasteiger charge is 2.22. The predicted octanol–water partition coefficient (Wildman–Crippen LogP) is 3.85. The lowest BCUT2D eigenvalue weighted by Crippen LogP contribution is -2.21. The van der Waals surface area contributed by atoms with E-state index < -0.39 is 18.7 Å². The fraction of sp³-hybridized carbons (Fsp3) is 0.207. The molecule has 41 heavy (non-hydrogen) atoms.